The molecule has 96 valence electrons. The molecule has 1 heterocycles. The fourth-order valence-corrected chi connectivity index (χ4v) is 2.97. The lowest BCUT2D eigenvalue weighted by Gasteiger charge is -2.16. The zero-order valence-corrected chi connectivity index (χ0v) is 12.7. The first-order valence-electron chi connectivity index (χ1n) is 6.23. The third-order valence-corrected chi connectivity index (χ3v) is 4.40. The molecule has 1 N–H and O–H groups in total. The summed E-state index contributed by atoms with van der Waals surface area (Å²) in [4.78, 5) is 5.70. The number of imidazole rings is 1. The van der Waals surface area contributed by atoms with Crippen LogP contribution in [0.15, 0.2) is 22.7 Å². The highest BCUT2D eigenvalue weighted by atomic mass is 79.9. The predicted molar refractivity (Wildman–Crippen MR) is 80.5 cm³/mol. The summed E-state index contributed by atoms with van der Waals surface area (Å²) >= 11 is 8.89. The Balaban J connectivity index is 1.86. The maximum atomic E-state index is 5.40. The molecule has 2 aromatic rings. The number of nitrogens with zero attached hydrogens (tertiary/aromatic N) is 2. The van der Waals surface area contributed by atoms with E-state index in [0.717, 1.165) is 33.9 Å². The molecule has 0 radical (unpaired) electrons. The van der Waals surface area contributed by atoms with Gasteiger partial charge in [-0.2, -0.15) is 0 Å². The molecule has 1 aromatic heterocycles. The van der Waals surface area contributed by atoms with Crippen molar-refractivity contribution in [2.24, 2.45) is 0 Å². The molecule has 0 bridgehead atoms. The highest BCUT2D eigenvalue weighted by Crippen LogP contribution is 2.25. The molecular weight excluding hydrogens is 310 g/mol. The zero-order valence-electron chi connectivity index (χ0n) is 10.3. The molecule has 1 aliphatic carbocycles. The number of halogens is 1. The molecule has 5 heteroatoms. The lowest BCUT2D eigenvalue weighted by molar-refractivity contribution is 0.310. The Kier molecular flexibility index (Phi) is 3.30. The molecule has 3 nitrogen and oxygen atoms in total. The van der Waals surface area contributed by atoms with Crippen LogP contribution in [0.4, 0.5) is 0 Å². The van der Waals surface area contributed by atoms with Crippen molar-refractivity contribution in [2.45, 2.75) is 25.4 Å². The largest absolute Gasteiger partial charge is 0.331 e. The first-order valence-corrected chi connectivity index (χ1v) is 7.43. The van der Waals surface area contributed by atoms with Gasteiger partial charge in [0.1, 0.15) is 0 Å². The molecule has 1 fully saturated rings. The zero-order chi connectivity index (χ0) is 12.7. The summed E-state index contributed by atoms with van der Waals surface area (Å²) in [5.74, 6) is 0. The van der Waals surface area contributed by atoms with E-state index in [1.165, 1.54) is 18.4 Å². The average Bonchev–Trinajstić information content (AvgIpc) is 3.11. The minimum atomic E-state index is 0.804. The van der Waals surface area contributed by atoms with Gasteiger partial charge in [0.25, 0.3) is 0 Å². The van der Waals surface area contributed by atoms with E-state index in [4.69, 9.17) is 12.2 Å². The van der Waals surface area contributed by atoms with Gasteiger partial charge in [-0.3, -0.25) is 0 Å². The maximum absolute atomic E-state index is 5.40. The Morgan fingerprint density at radius 2 is 2.28 bits per heavy atom. The van der Waals surface area contributed by atoms with E-state index in [1.54, 1.807) is 0 Å². The van der Waals surface area contributed by atoms with Gasteiger partial charge in [-0.05, 0) is 50.3 Å². The van der Waals surface area contributed by atoms with Crippen LogP contribution in [-0.2, 0) is 6.54 Å². The quantitative estimate of drug-likeness (QED) is 0.869. The van der Waals surface area contributed by atoms with E-state index < -0.39 is 0 Å². The SMILES string of the molecule is CN(CCn1c(=S)[nH]c2cc(Br)ccc21)C1CC1. The first-order chi connectivity index (χ1) is 8.65. The van der Waals surface area contributed by atoms with Gasteiger partial charge >= 0.3 is 0 Å². The van der Waals surface area contributed by atoms with Crippen LogP contribution in [-0.4, -0.2) is 34.1 Å². The van der Waals surface area contributed by atoms with Gasteiger partial charge < -0.3 is 14.5 Å². The Bertz CT molecular complexity index is 627. The molecule has 0 amide bonds. The number of H-pyrrole nitrogens is 1. The fraction of sp³-hybridized carbons (Fsp3) is 0.462. The highest BCUT2D eigenvalue weighted by molar-refractivity contribution is 9.10. The van der Waals surface area contributed by atoms with E-state index in [-0.39, 0.29) is 0 Å². The Morgan fingerprint density at radius 3 is 3.00 bits per heavy atom. The minimum Gasteiger partial charge on any atom is -0.331 e. The lowest BCUT2D eigenvalue weighted by Crippen LogP contribution is -2.25. The van der Waals surface area contributed by atoms with Crippen molar-refractivity contribution >= 4 is 39.2 Å². The number of likely N-dealkylation sites (N-methyl/N-ethyl adjacent to an activating group) is 1. The molecule has 18 heavy (non-hydrogen) atoms. The van der Waals surface area contributed by atoms with Crippen molar-refractivity contribution in [3.63, 3.8) is 0 Å². The summed E-state index contributed by atoms with van der Waals surface area (Å²) in [5.41, 5.74) is 2.29. The highest BCUT2D eigenvalue weighted by Gasteiger charge is 2.25. The van der Waals surface area contributed by atoms with Gasteiger partial charge in [0, 0.05) is 23.6 Å². The van der Waals surface area contributed by atoms with Gasteiger partial charge in [0.15, 0.2) is 4.77 Å². The number of fused-ring (bicyclic) bond motifs is 1. The number of rotatable bonds is 4. The topological polar surface area (TPSA) is 24.0 Å². The smallest absolute Gasteiger partial charge is 0.178 e. The monoisotopic (exact) mass is 325 g/mol. The maximum Gasteiger partial charge on any atom is 0.178 e. The van der Waals surface area contributed by atoms with E-state index in [2.05, 4.69) is 55.6 Å². The number of aromatic amines is 1. The van der Waals surface area contributed by atoms with Crippen LogP contribution in [0.1, 0.15) is 12.8 Å². The Hall–Kier alpha value is -0.650. The minimum absolute atomic E-state index is 0.804. The third kappa shape index (κ3) is 2.39. The van der Waals surface area contributed by atoms with Crippen molar-refractivity contribution in [1.82, 2.24) is 14.5 Å². The molecule has 1 saturated carbocycles. The van der Waals surface area contributed by atoms with Crippen LogP contribution in [0.3, 0.4) is 0 Å². The summed E-state index contributed by atoms with van der Waals surface area (Å²) in [6.45, 7) is 2.01. The Labute approximate surface area is 120 Å². The van der Waals surface area contributed by atoms with E-state index >= 15 is 0 Å². The van der Waals surface area contributed by atoms with Crippen molar-refractivity contribution < 1.29 is 0 Å². The van der Waals surface area contributed by atoms with Crippen molar-refractivity contribution in [2.75, 3.05) is 13.6 Å². The summed E-state index contributed by atoms with van der Waals surface area (Å²) in [5, 5.41) is 0. The van der Waals surface area contributed by atoms with Crippen LogP contribution in [0.25, 0.3) is 11.0 Å². The van der Waals surface area contributed by atoms with Crippen LogP contribution < -0.4 is 0 Å². The normalized spacial score (nSPS) is 15.7. The van der Waals surface area contributed by atoms with Gasteiger partial charge in [0.05, 0.1) is 11.0 Å². The lowest BCUT2D eigenvalue weighted by atomic mass is 10.3. The average molecular weight is 326 g/mol. The standard InChI is InChI=1S/C13H16BrN3S/c1-16(10-3-4-10)6-7-17-12-5-2-9(14)8-11(12)15-13(17)18/h2,5,8,10H,3-4,6-7H2,1H3,(H,15,18). The molecular formula is C13H16BrN3S. The third-order valence-electron chi connectivity index (χ3n) is 3.58. The summed E-state index contributed by atoms with van der Waals surface area (Å²) < 4.78 is 4.08. The molecule has 0 spiro atoms. The molecule has 0 atom stereocenters. The molecule has 0 aliphatic heterocycles. The van der Waals surface area contributed by atoms with Gasteiger partial charge in [-0.25, -0.2) is 0 Å². The number of nitrogens with one attached hydrogen (secondary N) is 1. The molecule has 0 unspecified atom stereocenters. The summed E-state index contributed by atoms with van der Waals surface area (Å²) in [6, 6.07) is 7.06. The van der Waals surface area contributed by atoms with Crippen LogP contribution in [0.2, 0.25) is 0 Å². The second-order valence-corrected chi connectivity index (χ2v) is 6.26. The molecule has 1 aromatic carbocycles. The predicted octanol–water partition coefficient (Wildman–Crippen LogP) is 3.56. The number of benzene rings is 1. The van der Waals surface area contributed by atoms with Crippen molar-refractivity contribution in [3.05, 3.63) is 27.4 Å². The van der Waals surface area contributed by atoms with Crippen LogP contribution >= 0.6 is 28.1 Å². The van der Waals surface area contributed by atoms with Crippen LogP contribution in [0, 0.1) is 4.77 Å². The number of hydrogen-bond acceptors (Lipinski definition) is 2. The van der Waals surface area contributed by atoms with Gasteiger partial charge in [-0.1, -0.05) is 15.9 Å². The molecule has 3 rings (SSSR count). The Morgan fingerprint density at radius 1 is 1.50 bits per heavy atom. The van der Waals surface area contributed by atoms with Gasteiger partial charge in [-0.15, -0.1) is 0 Å². The second-order valence-electron chi connectivity index (χ2n) is 4.96. The molecule has 0 saturated heterocycles. The van der Waals surface area contributed by atoms with Crippen LogP contribution in [0.5, 0.6) is 0 Å². The fourth-order valence-electron chi connectivity index (χ4n) is 2.31. The summed E-state index contributed by atoms with van der Waals surface area (Å²) in [7, 11) is 2.20. The number of hydrogen-bond donors (Lipinski definition) is 1. The van der Waals surface area contributed by atoms with E-state index in [9.17, 15) is 0 Å². The van der Waals surface area contributed by atoms with E-state index in [1.807, 2.05) is 0 Å². The number of aromatic nitrogens is 2. The summed E-state index contributed by atoms with van der Waals surface area (Å²) in [6.07, 6.45) is 2.70. The second kappa shape index (κ2) is 4.79. The van der Waals surface area contributed by atoms with Gasteiger partial charge in [0.2, 0.25) is 0 Å². The van der Waals surface area contributed by atoms with Crippen molar-refractivity contribution in [3.8, 4) is 0 Å². The molecule has 1 aliphatic rings. The van der Waals surface area contributed by atoms with Crippen molar-refractivity contribution in [1.29, 1.82) is 0 Å². The van der Waals surface area contributed by atoms with E-state index in [0.29, 0.717) is 0 Å². The first kappa shape index (κ1) is 12.4.